The van der Waals surface area contributed by atoms with Gasteiger partial charge in [-0.2, -0.15) is 0 Å². The van der Waals surface area contributed by atoms with Gasteiger partial charge in [-0.25, -0.2) is 0 Å². The maximum absolute atomic E-state index is 5.84. The Balaban J connectivity index is 2.38. The molecule has 0 aromatic carbocycles. The number of hydrogen-bond acceptors (Lipinski definition) is 3. The van der Waals surface area contributed by atoms with Crippen LogP contribution in [0.15, 0.2) is 0 Å². The standard InChI is InChI=1S/C15H32N2O/c1-7-12(2)14-11-17(13(3)10-16-14)8-9-18-15(4,5)6/h12-14,16H,7-11H2,1-6H3. The summed E-state index contributed by atoms with van der Waals surface area (Å²) in [4.78, 5) is 2.57. The van der Waals surface area contributed by atoms with E-state index in [9.17, 15) is 0 Å². The molecule has 3 heteroatoms. The van der Waals surface area contributed by atoms with E-state index in [-0.39, 0.29) is 5.60 Å². The molecule has 1 heterocycles. The smallest absolute Gasteiger partial charge is 0.0600 e. The molecule has 0 aromatic heterocycles. The highest BCUT2D eigenvalue weighted by molar-refractivity contribution is 4.86. The number of ether oxygens (including phenoxy) is 1. The van der Waals surface area contributed by atoms with Crippen molar-refractivity contribution in [1.29, 1.82) is 0 Å². The summed E-state index contributed by atoms with van der Waals surface area (Å²) in [6.07, 6.45) is 1.25. The molecular formula is C15H32N2O. The summed E-state index contributed by atoms with van der Waals surface area (Å²) in [5.74, 6) is 0.753. The molecule has 0 aromatic rings. The van der Waals surface area contributed by atoms with Crippen molar-refractivity contribution in [2.45, 2.75) is 65.6 Å². The maximum atomic E-state index is 5.84. The lowest BCUT2D eigenvalue weighted by molar-refractivity contribution is -0.0224. The Kier molecular flexibility index (Phi) is 6.09. The summed E-state index contributed by atoms with van der Waals surface area (Å²) in [6.45, 7) is 17.4. The SMILES string of the molecule is CCC(C)C1CN(CCOC(C)(C)C)C(C)CN1. The minimum absolute atomic E-state index is 0.0204. The molecule has 3 nitrogen and oxygen atoms in total. The largest absolute Gasteiger partial charge is 0.375 e. The van der Waals surface area contributed by atoms with Crippen molar-refractivity contribution in [3.8, 4) is 0 Å². The molecule has 0 saturated carbocycles. The first-order valence-electron chi connectivity index (χ1n) is 7.45. The topological polar surface area (TPSA) is 24.5 Å². The van der Waals surface area contributed by atoms with Gasteiger partial charge in [-0.05, 0) is 33.6 Å². The molecule has 0 bridgehead atoms. The van der Waals surface area contributed by atoms with Crippen molar-refractivity contribution < 1.29 is 4.74 Å². The fourth-order valence-electron chi connectivity index (χ4n) is 2.39. The Morgan fingerprint density at radius 2 is 2.06 bits per heavy atom. The van der Waals surface area contributed by atoms with Crippen LogP contribution >= 0.6 is 0 Å². The molecule has 1 fully saturated rings. The predicted octanol–water partition coefficient (Wildman–Crippen LogP) is 2.51. The van der Waals surface area contributed by atoms with E-state index in [1.165, 1.54) is 6.42 Å². The molecule has 0 radical (unpaired) electrons. The molecule has 1 rings (SSSR count). The fourth-order valence-corrected chi connectivity index (χ4v) is 2.39. The van der Waals surface area contributed by atoms with Crippen LogP contribution in [0.1, 0.15) is 48.0 Å². The third-order valence-corrected chi connectivity index (χ3v) is 3.97. The molecule has 3 atom stereocenters. The van der Waals surface area contributed by atoms with Crippen LogP contribution in [0.2, 0.25) is 0 Å². The van der Waals surface area contributed by atoms with Gasteiger partial charge in [0.2, 0.25) is 0 Å². The minimum atomic E-state index is -0.0204. The Morgan fingerprint density at radius 3 is 2.61 bits per heavy atom. The first-order chi connectivity index (χ1) is 8.33. The highest BCUT2D eigenvalue weighted by Crippen LogP contribution is 2.15. The van der Waals surface area contributed by atoms with Crippen molar-refractivity contribution in [2.24, 2.45) is 5.92 Å². The second kappa shape index (κ2) is 6.88. The molecule has 3 unspecified atom stereocenters. The van der Waals surface area contributed by atoms with Gasteiger partial charge in [0, 0.05) is 31.7 Å². The van der Waals surface area contributed by atoms with Gasteiger partial charge in [0.25, 0.3) is 0 Å². The Hall–Kier alpha value is -0.120. The summed E-state index contributed by atoms with van der Waals surface area (Å²) in [7, 11) is 0. The van der Waals surface area contributed by atoms with Crippen LogP contribution < -0.4 is 5.32 Å². The monoisotopic (exact) mass is 256 g/mol. The Bertz CT molecular complexity index is 237. The van der Waals surface area contributed by atoms with E-state index in [1.807, 2.05) is 0 Å². The Labute approximate surface area is 113 Å². The molecule has 1 saturated heterocycles. The van der Waals surface area contributed by atoms with Crippen molar-refractivity contribution >= 4 is 0 Å². The first kappa shape index (κ1) is 15.9. The van der Waals surface area contributed by atoms with Gasteiger partial charge in [0.15, 0.2) is 0 Å². The first-order valence-corrected chi connectivity index (χ1v) is 7.45. The summed E-state index contributed by atoms with van der Waals surface area (Å²) >= 11 is 0. The molecule has 0 spiro atoms. The zero-order chi connectivity index (χ0) is 13.8. The third kappa shape index (κ3) is 5.25. The average Bonchev–Trinajstić information content (AvgIpc) is 2.29. The zero-order valence-electron chi connectivity index (χ0n) is 13.1. The van der Waals surface area contributed by atoms with Gasteiger partial charge in [0.1, 0.15) is 0 Å². The van der Waals surface area contributed by atoms with E-state index in [4.69, 9.17) is 4.74 Å². The summed E-state index contributed by atoms with van der Waals surface area (Å²) < 4.78 is 5.84. The van der Waals surface area contributed by atoms with Crippen LogP contribution in [0.25, 0.3) is 0 Å². The second-order valence-corrected chi connectivity index (χ2v) is 6.71. The second-order valence-electron chi connectivity index (χ2n) is 6.71. The third-order valence-electron chi connectivity index (χ3n) is 3.97. The van der Waals surface area contributed by atoms with Crippen LogP contribution in [0, 0.1) is 5.92 Å². The van der Waals surface area contributed by atoms with Gasteiger partial charge in [-0.3, -0.25) is 4.90 Å². The predicted molar refractivity (Wildman–Crippen MR) is 78.0 cm³/mol. The van der Waals surface area contributed by atoms with Crippen LogP contribution in [0.5, 0.6) is 0 Å². The fraction of sp³-hybridized carbons (Fsp3) is 1.00. The van der Waals surface area contributed by atoms with Gasteiger partial charge in [-0.1, -0.05) is 20.3 Å². The lowest BCUT2D eigenvalue weighted by atomic mass is 9.96. The van der Waals surface area contributed by atoms with Gasteiger partial charge < -0.3 is 10.1 Å². The van der Waals surface area contributed by atoms with E-state index >= 15 is 0 Å². The number of nitrogens with one attached hydrogen (secondary N) is 1. The van der Waals surface area contributed by atoms with Gasteiger partial charge in [-0.15, -0.1) is 0 Å². The molecule has 1 aliphatic rings. The zero-order valence-corrected chi connectivity index (χ0v) is 13.1. The molecule has 1 N–H and O–H groups in total. The van der Waals surface area contributed by atoms with Crippen LogP contribution in [0.4, 0.5) is 0 Å². The van der Waals surface area contributed by atoms with Crippen molar-refractivity contribution in [3.63, 3.8) is 0 Å². The quantitative estimate of drug-likeness (QED) is 0.818. The molecule has 1 aliphatic heterocycles. The van der Waals surface area contributed by atoms with Crippen molar-refractivity contribution in [2.75, 3.05) is 26.2 Å². The molecule has 0 amide bonds. The highest BCUT2D eigenvalue weighted by Gasteiger charge is 2.27. The van der Waals surface area contributed by atoms with Crippen LogP contribution in [0.3, 0.4) is 0 Å². The van der Waals surface area contributed by atoms with Crippen LogP contribution in [-0.4, -0.2) is 48.8 Å². The molecule has 108 valence electrons. The Morgan fingerprint density at radius 1 is 1.39 bits per heavy atom. The molecule has 18 heavy (non-hydrogen) atoms. The van der Waals surface area contributed by atoms with E-state index < -0.39 is 0 Å². The van der Waals surface area contributed by atoms with Crippen molar-refractivity contribution in [3.05, 3.63) is 0 Å². The minimum Gasteiger partial charge on any atom is -0.375 e. The number of nitrogens with zero attached hydrogens (tertiary/aromatic N) is 1. The van der Waals surface area contributed by atoms with E-state index in [0.29, 0.717) is 12.1 Å². The van der Waals surface area contributed by atoms with E-state index in [1.54, 1.807) is 0 Å². The summed E-state index contributed by atoms with van der Waals surface area (Å²) in [6, 6.07) is 1.26. The summed E-state index contributed by atoms with van der Waals surface area (Å²) in [5, 5.41) is 3.67. The lowest BCUT2D eigenvalue weighted by Gasteiger charge is -2.41. The average molecular weight is 256 g/mol. The van der Waals surface area contributed by atoms with Gasteiger partial charge >= 0.3 is 0 Å². The van der Waals surface area contributed by atoms with Crippen molar-refractivity contribution in [1.82, 2.24) is 10.2 Å². The lowest BCUT2D eigenvalue weighted by Crippen LogP contribution is -2.58. The van der Waals surface area contributed by atoms with Crippen LogP contribution in [-0.2, 0) is 4.74 Å². The molecule has 0 aliphatic carbocycles. The maximum Gasteiger partial charge on any atom is 0.0600 e. The number of hydrogen-bond donors (Lipinski definition) is 1. The summed E-state index contributed by atoms with van der Waals surface area (Å²) in [5.41, 5.74) is -0.0204. The normalized spacial score (nSPS) is 28.3. The van der Waals surface area contributed by atoms with E-state index in [0.717, 1.165) is 32.2 Å². The highest BCUT2D eigenvalue weighted by atomic mass is 16.5. The van der Waals surface area contributed by atoms with Gasteiger partial charge in [0.05, 0.1) is 12.2 Å². The molecular weight excluding hydrogens is 224 g/mol. The number of piperazine rings is 1. The van der Waals surface area contributed by atoms with E-state index in [2.05, 4.69) is 51.8 Å². The number of rotatable bonds is 5.